The molecule has 0 aromatic carbocycles. The van der Waals surface area contributed by atoms with E-state index in [0.717, 1.165) is 5.54 Å². The van der Waals surface area contributed by atoms with Crippen LogP contribution in [0.3, 0.4) is 0 Å². The molecule has 0 saturated heterocycles. The third-order valence-corrected chi connectivity index (χ3v) is 6.08. The maximum Gasteiger partial charge on any atom is 0.0565 e. The van der Waals surface area contributed by atoms with Crippen LogP contribution in [0.2, 0.25) is 25.2 Å². The molecule has 0 nitrogen and oxygen atoms in total. The van der Waals surface area contributed by atoms with Crippen LogP contribution >= 0.6 is 0 Å². The maximum absolute atomic E-state index is 2.47. The lowest BCUT2D eigenvalue weighted by atomic mass is 10.1. The van der Waals surface area contributed by atoms with Crippen LogP contribution in [0.4, 0.5) is 0 Å². The van der Waals surface area contributed by atoms with Crippen molar-refractivity contribution in [2.75, 3.05) is 0 Å². The van der Waals surface area contributed by atoms with Gasteiger partial charge in [0.05, 0.1) is 8.07 Å². The van der Waals surface area contributed by atoms with Crippen molar-refractivity contribution in [3.63, 3.8) is 0 Å². The van der Waals surface area contributed by atoms with Crippen LogP contribution in [0.1, 0.15) is 27.7 Å². The molecule has 0 unspecified atom stereocenters. The van der Waals surface area contributed by atoms with Crippen LogP contribution in [0, 0.1) is 0 Å². The predicted octanol–water partition coefficient (Wildman–Crippen LogP) is 4.38. The summed E-state index contributed by atoms with van der Waals surface area (Å²) < 4.78 is 0. The maximum atomic E-state index is 2.47. The molecule has 0 amide bonds. The lowest BCUT2D eigenvalue weighted by Gasteiger charge is -2.28. The molecule has 0 bridgehead atoms. The van der Waals surface area contributed by atoms with Gasteiger partial charge < -0.3 is 0 Å². The van der Waals surface area contributed by atoms with Gasteiger partial charge in [0.1, 0.15) is 0 Å². The summed E-state index contributed by atoms with van der Waals surface area (Å²) in [5.41, 5.74) is 7.16. The fraction of sp³-hybridized carbons (Fsp3) is 0.667. The number of allylic oxidation sites excluding steroid dienone is 4. The summed E-state index contributed by atoms with van der Waals surface area (Å²) >= 11 is 0. The summed E-state index contributed by atoms with van der Waals surface area (Å²) in [5, 5.41) is 0. The van der Waals surface area contributed by atoms with Crippen molar-refractivity contribution in [3.8, 4) is 0 Å². The average molecular weight is 194 g/mol. The highest BCUT2D eigenvalue weighted by Crippen LogP contribution is 2.46. The van der Waals surface area contributed by atoms with Crippen LogP contribution in [0.25, 0.3) is 0 Å². The SMILES string of the molecule is CC1=C(C)C([Si](C)(C)C)C(C)=C1C. The van der Waals surface area contributed by atoms with E-state index in [9.17, 15) is 0 Å². The highest BCUT2D eigenvalue weighted by Gasteiger charge is 2.34. The van der Waals surface area contributed by atoms with Crippen molar-refractivity contribution in [3.05, 3.63) is 22.3 Å². The molecule has 0 fully saturated rings. The quantitative estimate of drug-likeness (QED) is 0.543. The van der Waals surface area contributed by atoms with Gasteiger partial charge in [-0.2, -0.15) is 0 Å². The van der Waals surface area contributed by atoms with E-state index in [1.54, 1.807) is 22.3 Å². The van der Waals surface area contributed by atoms with Crippen LogP contribution in [-0.2, 0) is 0 Å². The van der Waals surface area contributed by atoms with Crippen LogP contribution < -0.4 is 0 Å². The van der Waals surface area contributed by atoms with Gasteiger partial charge in [-0.15, -0.1) is 0 Å². The molecule has 0 atom stereocenters. The van der Waals surface area contributed by atoms with Gasteiger partial charge in [0.25, 0.3) is 0 Å². The van der Waals surface area contributed by atoms with Gasteiger partial charge in [0.15, 0.2) is 0 Å². The molecule has 0 aliphatic heterocycles. The molecule has 13 heavy (non-hydrogen) atoms. The first-order valence-electron chi connectivity index (χ1n) is 5.12. The third-order valence-electron chi connectivity index (χ3n) is 3.48. The van der Waals surface area contributed by atoms with Gasteiger partial charge in [-0.1, -0.05) is 30.8 Å². The fourth-order valence-electron chi connectivity index (χ4n) is 2.65. The summed E-state index contributed by atoms with van der Waals surface area (Å²) in [6.45, 7) is 16.6. The Balaban J connectivity index is 3.18. The third kappa shape index (κ3) is 1.67. The molecular weight excluding hydrogens is 172 g/mol. The van der Waals surface area contributed by atoms with Crippen molar-refractivity contribution in [2.24, 2.45) is 0 Å². The van der Waals surface area contributed by atoms with E-state index >= 15 is 0 Å². The molecular formula is C12H22Si. The second kappa shape index (κ2) is 3.12. The van der Waals surface area contributed by atoms with Crippen molar-refractivity contribution in [1.29, 1.82) is 0 Å². The first-order valence-corrected chi connectivity index (χ1v) is 8.69. The number of rotatable bonds is 1. The van der Waals surface area contributed by atoms with E-state index < -0.39 is 8.07 Å². The molecule has 1 heteroatoms. The minimum Gasteiger partial charge on any atom is -0.0688 e. The molecule has 0 heterocycles. The first-order chi connectivity index (χ1) is 5.76. The Morgan fingerprint density at radius 3 is 1.23 bits per heavy atom. The monoisotopic (exact) mass is 194 g/mol. The first kappa shape index (κ1) is 10.8. The minimum atomic E-state index is -1.05. The van der Waals surface area contributed by atoms with E-state index in [4.69, 9.17) is 0 Å². The molecule has 0 N–H and O–H groups in total. The summed E-state index contributed by atoms with van der Waals surface area (Å²) in [6, 6.07) is 0. The van der Waals surface area contributed by atoms with Gasteiger partial charge in [-0.3, -0.25) is 0 Å². The molecule has 0 saturated carbocycles. The largest absolute Gasteiger partial charge is 0.0688 e. The van der Waals surface area contributed by atoms with Gasteiger partial charge >= 0.3 is 0 Å². The standard InChI is InChI=1S/C12H22Si/c1-8-9(2)11(4)12(10(8)3)13(5,6)7/h12H,1-7H3. The molecule has 0 aromatic rings. The zero-order chi connectivity index (χ0) is 10.4. The highest BCUT2D eigenvalue weighted by molar-refractivity contribution is 6.79. The van der Waals surface area contributed by atoms with Crippen molar-refractivity contribution in [1.82, 2.24) is 0 Å². The predicted molar refractivity (Wildman–Crippen MR) is 63.8 cm³/mol. The van der Waals surface area contributed by atoms with Gasteiger partial charge in [-0.25, -0.2) is 0 Å². The van der Waals surface area contributed by atoms with E-state index in [1.165, 1.54) is 0 Å². The zero-order valence-electron chi connectivity index (χ0n) is 10.1. The molecule has 0 spiro atoms. The van der Waals surface area contributed by atoms with Crippen molar-refractivity contribution < 1.29 is 0 Å². The molecule has 0 radical (unpaired) electrons. The smallest absolute Gasteiger partial charge is 0.0565 e. The minimum absolute atomic E-state index is 0.799. The van der Waals surface area contributed by atoms with Crippen LogP contribution in [0.5, 0.6) is 0 Å². The lowest BCUT2D eigenvalue weighted by Crippen LogP contribution is -2.28. The average Bonchev–Trinajstić information content (AvgIpc) is 2.14. The normalized spacial score (nSPS) is 20.5. The van der Waals surface area contributed by atoms with Gasteiger partial charge in [0.2, 0.25) is 0 Å². The van der Waals surface area contributed by atoms with Gasteiger partial charge in [0, 0.05) is 0 Å². The molecule has 0 aromatic heterocycles. The molecule has 74 valence electrons. The van der Waals surface area contributed by atoms with Crippen LogP contribution in [-0.4, -0.2) is 8.07 Å². The van der Waals surface area contributed by atoms with E-state index in [2.05, 4.69) is 47.3 Å². The Kier molecular flexibility index (Phi) is 2.59. The fourth-order valence-corrected chi connectivity index (χ4v) is 5.68. The second-order valence-corrected chi connectivity index (χ2v) is 10.7. The Morgan fingerprint density at radius 1 is 0.769 bits per heavy atom. The molecule has 1 rings (SSSR count). The number of hydrogen-bond acceptors (Lipinski definition) is 0. The summed E-state index contributed by atoms with van der Waals surface area (Å²) in [5.74, 6) is 0. The van der Waals surface area contributed by atoms with E-state index in [0.29, 0.717) is 0 Å². The Morgan fingerprint density at radius 2 is 1.08 bits per heavy atom. The van der Waals surface area contributed by atoms with E-state index in [1.807, 2.05) is 0 Å². The molecule has 1 aliphatic carbocycles. The second-order valence-electron chi connectivity index (χ2n) is 5.42. The van der Waals surface area contributed by atoms with E-state index in [-0.39, 0.29) is 0 Å². The number of hydrogen-bond donors (Lipinski definition) is 0. The molecule has 1 aliphatic rings. The van der Waals surface area contributed by atoms with Gasteiger partial charge in [-0.05, 0) is 44.4 Å². The summed E-state index contributed by atoms with van der Waals surface area (Å²) in [7, 11) is -1.05. The van der Waals surface area contributed by atoms with Crippen molar-refractivity contribution in [2.45, 2.75) is 52.9 Å². The van der Waals surface area contributed by atoms with Crippen LogP contribution in [0.15, 0.2) is 22.3 Å². The Bertz CT molecular complexity index is 263. The van der Waals surface area contributed by atoms with Crippen molar-refractivity contribution >= 4 is 8.07 Å². The Labute approximate surface area is 83.7 Å². The highest BCUT2D eigenvalue weighted by atomic mass is 28.3. The summed E-state index contributed by atoms with van der Waals surface area (Å²) in [6.07, 6.45) is 0. The topological polar surface area (TPSA) is 0 Å². The lowest BCUT2D eigenvalue weighted by molar-refractivity contribution is 1.07. The zero-order valence-corrected chi connectivity index (χ0v) is 11.1. The summed E-state index contributed by atoms with van der Waals surface area (Å²) in [4.78, 5) is 0. The Hall–Kier alpha value is -0.303.